The van der Waals surface area contributed by atoms with Gasteiger partial charge in [-0.3, -0.25) is 4.79 Å². The van der Waals surface area contributed by atoms with Crippen LogP contribution in [0.3, 0.4) is 0 Å². The molecule has 1 aromatic heterocycles. The molecule has 3 aromatic rings. The van der Waals surface area contributed by atoms with Gasteiger partial charge in [0, 0.05) is 50.1 Å². The van der Waals surface area contributed by atoms with Gasteiger partial charge in [0.05, 0.1) is 22.7 Å². The topological polar surface area (TPSA) is 48.8 Å². The van der Waals surface area contributed by atoms with E-state index in [2.05, 4.69) is 48.2 Å². The number of carbonyl (C=O) groups excluding carboxylic acids is 1. The molecule has 2 aromatic carbocycles. The Morgan fingerprint density at radius 1 is 1.06 bits per heavy atom. The maximum absolute atomic E-state index is 12.3. The van der Waals surface area contributed by atoms with Crippen LogP contribution in [0.1, 0.15) is 45.9 Å². The summed E-state index contributed by atoms with van der Waals surface area (Å²) in [4.78, 5) is 25.6. The molecule has 0 unspecified atom stereocenters. The SMILES string of the molecule is CCN(C)/C=N/c1cc(C)c(Cc2nc(-c3ccc(C(=O)N(C)CC)cc3)cs2)cc1C. The Morgan fingerprint density at radius 3 is 2.44 bits per heavy atom. The Hall–Kier alpha value is -2.99. The van der Waals surface area contributed by atoms with Crippen molar-refractivity contribution in [3.05, 3.63) is 69.0 Å². The molecule has 0 atom stereocenters. The van der Waals surface area contributed by atoms with Crippen molar-refractivity contribution in [2.45, 2.75) is 34.1 Å². The summed E-state index contributed by atoms with van der Waals surface area (Å²) in [6.45, 7) is 9.94. The molecule has 1 amide bonds. The first-order valence-corrected chi connectivity index (χ1v) is 11.8. The average Bonchev–Trinajstić information content (AvgIpc) is 3.27. The van der Waals surface area contributed by atoms with Crippen LogP contribution in [0, 0.1) is 13.8 Å². The number of amides is 1. The highest BCUT2D eigenvalue weighted by molar-refractivity contribution is 7.10. The predicted molar refractivity (Wildman–Crippen MR) is 135 cm³/mol. The molecular formula is C26H32N4OS. The van der Waals surface area contributed by atoms with Crippen LogP contribution in [0.4, 0.5) is 5.69 Å². The van der Waals surface area contributed by atoms with Crippen LogP contribution >= 0.6 is 11.3 Å². The molecule has 5 nitrogen and oxygen atoms in total. The highest BCUT2D eigenvalue weighted by Crippen LogP contribution is 2.28. The van der Waals surface area contributed by atoms with Crippen LogP contribution in [0.25, 0.3) is 11.3 Å². The van der Waals surface area contributed by atoms with Gasteiger partial charge in [0.15, 0.2) is 0 Å². The van der Waals surface area contributed by atoms with E-state index in [1.165, 1.54) is 16.7 Å². The normalized spacial score (nSPS) is 11.2. The second-order valence-electron chi connectivity index (χ2n) is 8.08. The van der Waals surface area contributed by atoms with E-state index in [1.807, 2.05) is 51.6 Å². The minimum absolute atomic E-state index is 0.0398. The number of hydrogen-bond acceptors (Lipinski definition) is 4. The zero-order chi connectivity index (χ0) is 23.3. The highest BCUT2D eigenvalue weighted by atomic mass is 32.1. The van der Waals surface area contributed by atoms with Crippen LogP contribution in [-0.2, 0) is 6.42 Å². The van der Waals surface area contributed by atoms with Crippen molar-refractivity contribution in [1.29, 1.82) is 0 Å². The molecule has 0 spiro atoms. The summed E-state index contributed by atoms with van der Waals surface area (Å²) in [6, 6.07) is 12.1. The molecule has 1 heterocycles. The number of aliphatic imine (C=N–C) groups is 1. The molecule has 6 heteroatoms. The first-order valence-electron chi connectivity index (χ1n) is 11.0. The van der Waals surface area contributed by atoms with Crippen LogP contribution in [-0.4, -0.2) is 54.2 Å². The Bertz CT molecular complexity index is 1100. The van der Waals surface area contributed by atoms with Gasteiger partial charge in [-0.2, -0.15) is 0 Å². The molecule has 32 heavy (non-hydrogen) atoms. The number of carbonyl (C=O) groups is 1. The van der Waals surface area contributed by atoms with Crippen molar-refractivity contribution in [3.8, 4) is 11.3 Å². The highest BCUT2D eigenvalue weighted by Gasteiger charge is 2.12. The number of nitrogens with zero attached hydrogens (tertiary/aromatic N) is 4. The minimum Gasteiger partial charge on any atom is -0.366 e. The molecule has 3 rings (SSSR count). The lowest BCUT2D eigenvalue weighted by atomic mass is 10.0. The number of benzene rings is 2. The average molecular weight is 449 g/mol. The zero-order valence-electron chi connectivity index (χ0n) is 19.8. The van der Waals surface area contributed by atoms with E-state index in [9.17, 15) is 4.79 Å². The Morgan fingerprint density at radius 2 is 1.78 bits per heavy atom. The molecule has 0 saturated heterocycles. The summed E-state index contributed by atoms with van der Waals surface area (Å²) in [5.41, 5.74) is 7.35. The maximum atomic E-state index is 12.3. The number of rotatable bonds is 8. The van der Waals surface area contributed by atoms with E-state index >= 15 is 0 Å². The summed E-state index contributed by atoms with van der Waals surface area (Å²) in [6.07, 6.45) is 2.68. The van der Waals surface area contributed by atoms with Gasteiger partial charge >= 0.3 is 0 Å². The van der Waals surface area contributed by atoms with Gasteiger partial charge in [0.1, 0.15) is 0 Å². The predicted octanol–water partition coefficient (Wildman–Crippen LogP) is 5.72. The smallest absolute Gasteiger partial charge is 0.253 e. The third-order valence-electron chi connectivity index (χ3n) is 5.69. The van der Waals surface area contributed by atoms with E-state index in [0.29, 0.717) is 12.1 Å². The molecule has 0 aliphatic rings. The van der Waals surface area contributed by atoms with Gasteiger partial charge in [-0.1, -0.05) is 18.2 Å². The molecule has 0 aliphatic carbocycles. The van der Waals surface area contributed by atoms with E-state index in [-0.39, 0.29) is 5.91 Å². The summed E-state index contributed by atoms with van der Waals surface area (Å²) >= 11 is 1.67. The molecule has 168 valence electrons. The molecule has 0 bridgehead atoms. The first kappa shape index (κ1) is 23.7. The van der Waals surface area contributed by atoms with E-state index in [4.69, 9.17) is 4.98 Å². The van der Waals surface area contributed by atoms with Gasteiger partial charge in [-0.25, -0.2) is 9.98 Å². The van der Waals surface area contributed by atoms with Crippen molar-refractivity contribution in [2.75, 3.05) is 27.2 Å². The van der Waals surface area contributed by atoms with E-state index in [1.54, 1.807) is 16.2 Å². The van der Waals surface area contributed by atoms with Crippen LogP contribution < -0.4 is 0 Å². The van der Waals surface area contributed by atoms with Crippen LogP contribution in [0.5, 0.6) is 0 Å². The Labute approximate surface area is 195 Å². The lowest BCUT2D eigenvalue weighted by molar-refractivity contribution is 0.0802. The van der Waals surface area contributed by atoms with Gasteiger partial charge in [-0.05, 0) is 62.6 Å². The minimum atomic E-state index is 0.0398. The molecule has 0 radical (unpaired) electrons. The van der Waals surface area contributed by atoms with Crippen molar-refractivity contribution >= 4 is 29.3 Å². The molecule has 0 fully saturated rings. The fraction of sp³-hybridized carbons (Fsp3) is 0.346. The lowest BCUT2D eigenvalue weighted by Gasteiger charge is -2.14. The second kappa shape index (κ2) is 10.6. The van der Waals surface area contributed by atoms with Crippen molar-refractivity contribution in [3.63, 3.8) is 0 Å². The summed E-state index contributed by atoms with van der Waals surface area (Å²) in [5, 5.41) is 3.17. The summed E-state index contributed by atoms with van der Waals surface area (Å²) in [7, 11) is 3.84. The first-order chi connectivity index (χ1) is 15.3. The largest absolute Gasteiger partial charge is 0.366 e. The Balaban J connectivity index is 1.74. The number of thiazole rings is 1. The fourth-order valence-electron chi connectivity index (χ4n) is 3.27. The zero-order valence-corrected chi connectivity index (χ0v) is 20.7. The number of hydrogen-bond donors (Lipinski definition) is 0. The summed E-state index contributed by atoms with van der Waals surface area (Å²) < 4.78 is 0. The quantitative estimate of drug-likeness (QED) is 0.327. The van der Waals surface area contributed by atoms with Crippen LogP contribution in [0.2, 0.25) is 0 Å². The van der Waals surface area contributed by atoms with Gasteiger partial charge < -0.3 is 9.80 Å². The summed E-state index contributed by atoms with van der Waals surface area (Å²) in [5.74, 6) is 0.0398. The monoisotopic (exact) mass is 448 g/mol. The van der Waals surface area contributed by atoms with Crippen molar-refractivity contribution in [1.82, 2.24) is 14.8 Å². The maximum Gasteiger partial charge on any atom is 0.253 e. The lowest BCUT2D eigenvalue weighted by Crippen LogP contribution is -2.26. The third kappa shape index (κ3) is 5.62. The van der Waals surface area contributed by atoms with Gasteiger partial charge in [0.2, 0.25) is 0 Å². The molecule has 0 saturated carbocycles. The van der Waals surface area contributed by atoms with Crippen LogP contribution in [0.15, 0.2) is 46.8 Å². The fourth-order valence-corrected chi connectivity index (χ4v) is 4.09. The molecular weight excluding hydrogens is 416 g/mol. The number of aryl methyl sites for hydroxylation is 2. The molecule has 0 N–H and O–H groups in total. The van der Waals surface area contributed by atoms with Crippen molar-refractivity contribution < 1.29 is 4.79 Å². The standard InChI is InChI=1S/C26H32N4OS/c1-7-29(5)17-27-23-14-18(3)22(13-19(23)4)15-25-28-24(16-32-25)20-9-11-21(12-10-20)26(31)30(6)8-2/h9-14,16-17H,7-8,15H2,1-6H3/b27-17+. The van der Waals surface area contributed by atoms with E-state index in [0.717, 1.165) is 34.9 Å². The second-order valence-corrected chi connectivity index (χ2v) is 9.03. The van der Waals surface area contributed by atoms with E-state index < -0.39 is 0 Å². The number of aromatic nitrogens is 1. The molecule has 0 aliphatic heterocycles. The Kier molecular flexibility index (Phi) is 7.80. The van der Waals surface area contributed by atoms with Crippen molar-refractivity contribution in [2.24, 2.45) is 4.99 Å². The van der Waals surface area contributed by atoms with Gasteiger partial charge in [-0.15, -0.1) is 11.3 Å². The third-order valence-corrected chi connectivity index (χ3v) is 6.54. The van der Waals surface area contributed by atoms with Gasteiger partial charge in [0.25, 0.3) is 5.91 Å².